The summed E-state index contributed by atoms with van der Waals surface area (Å²) < 4.78 is 24.7. The average Bonchev–Trinajstić information content (AvgIpc) is 3.23. The first-order chi connectivity index (χ1) is 15.5. The molecule has 4 rings (SSSR count). The predicted molar refractivity (Wildman–Crippen MR) is 121 cm³/mol. The lowest BCUT2D eigenvalue weighted by atomic mass is 10.0. The van der Waals surface area contributed by atoms with Crippen LogP contribution in [0.1, 0.15) is 30.0 Å². The van der Waals surface area contributed by atoms with Gasteiger partial charge in [0.25, 0.3) is 0 Å². The number of morpholine rings is 1. The van der Waals surface area contributed by atoms with Crippen molar-refractivity contribution in [2.75, 3.05) is 31.2 Å². The first-order valence-electron chi connectivity index (χ1n) is 11.0. The van der Waals surface area contributed by atoms with Crippen molar-refractivity contribution >= 4 is 11.8 Å². The van der Waals surface area contributed by atoms with E-state index in [4.69, 9.17) is 9.26 Å². The van der Waals surface area contributed by atoms with Gasteiger partial charge in [0.05, 0.1) is 25.3 Å². The fraction of sp³-hybridized carbons (Fsp3) is 0.360. The number of hydrogen-bond donors (Lipinski definition) is 0. The smallest absolute Gasteiger partial charge is 0.233 e. The largest absolute Gasteiger partial charge is 0.378 e. The standard InChI is InChI=1S/C25H28FN3O3/c1-3-23(30)29(16-19-7-9-21(26)10-8-19)17-22-24(20-6-4-5-18(2)15-20)27-32-25(22)28-11-13-31-14-12-28/h4-10,15H,3,11-14,16-17H2,1-2H3. The zero-order valence-corrected chi connectivity index (χ0v) is 18.5. The van der Waals surface area contributed by atoms with Crippen molar-refractivity contribution in [2.24, 2.45) is 0 Å². The fourth-order valence-electron chi connectivity index (χ4n) is 3.93. The quantitative estimate of drug-likeness (QED) is 0.542. The van der Waals surface area contributed by atoms with Crippen molar-refractivity contribution in [3.05, 3.63) is 71.0 Å². The summed E-state index contributed by atoms with van der Waals surface area (Å²) in [5, 5.41) is 4.41. The number of nitrogens with zero attached hydrogens (tertiary/aromatic N) is 3. The zero-order chi connectivity index (χ0) is 22.5. The van der Waals surface area contributed by atoms with Crippen molar-refractivity contribution in [3.63, 3.8) is 0 Å². The minimum Gasteiger partial charge on any atom is -0.378 e. The van der Waals surface area contributed by atoms with E-state index in [0.29, 0.717) is 51.7 Å². The molecule has 0 atom stereocenters. The molecule has 0 spiro atoms. The van der Waals surface area contributed by atoms with E-state index in [0.717, 1.165) is 27.9 Å². The molecule has 1 fully saturated rings. The number of amides is 1. The minimum absolute atomic E-state index is 0.0126. The number of aromatic nitrogens is 1. The highest BCUT2D eigenvalue weighted by Crippen LogP contribution is 2.33. The maximum Gasteiger partial charge on any atom is 0.233 e. The van der Waals surface area contributed by atoms with Crippen molar-refractivity contribution in [1.82, 2.24) is 10.1 Å². The monoisotopic (exact) mass is 437 g/mol. The number of ether oxygens (including phenoxy) is 1. The van der Waals surface area contributed by atoms with Gasteiger partial charge in [0.1, 0.15) is 11.5 Å². The van der Waals surface area contributed by atoms with Crippen LogP contribution in [-0.4, -0.2) is 42.3 Å². The van der Waals surface area contributed by atoms with Crippen LogP contribution < -0.4 is 4.90 Å². The number of aryl methyl sites for hydroxylation is 1. The predicted octanol–water partition coefficient (Wildman–Crippen LogP) is 4.56. The Morgan fingerprint density at radius 1 is 1.12 bits per heavy atom. The molecule has 0 unspecified atom stereocenters. The summed E-state index contributed by atoms with van der Waals surface area (Å²) in [6.07, 6.45) is 0.374. The van der Waals surface area contributed by atoms with Crippen molar-refractivity contribution in [3.8, 4) is 11.3 Å². The molecule has 1 saturated heterocycles. The third-order valence-electron chi connectivity index (χ3n) is 5.65. The Balaban J connectivity index is 1.71. The number of benzene rings is 2. The van der Waals surface area contributed by atoms with Crippen molar-refractivity contribution in [2.45, 2.75) is 33.4 Å². The second-order valence-corrected chi connectivity index (χ2v) is 8.01. The van der Waals surface area contributed by atoms with Crippen LogP contribution in [0.2, 0.25) is 0 Å². The third-order valence-corrected chi connectivity index (χ3v) is 5.65. The molecule has 7 heteroatoms. The van der Waals surface area contributed by atoms with Crippen LogP contribution in [0, 0.1) is 12.7 Å². The Hall–Kier alpha value is -3.19. The Morgan fingerprint density at radius 3 is 2.56 bits per heavy atom. The van der Waals surface area contributed by atoms with E-state index in [2.05, 4.69) is 16.1 Å². The van der Waals surface area contributed by atoms with Gasteiger partial charge in [0.2, 0.25) is 11.8 Å². The van der Waals surface area contributed by atoms with Crippen molar-refractivity contribution in [1.29, 1.82) is 0 Å². The zero-order valence-electron chi connectivity index (χ0n) is 18.5. The van der Waals surface area contributed by atoms with Gasteiger partial charge in [0.15, 0.2) is 0 Å². The van der Waals surface area contributed by atoms with E-state index in [1.807, 2.05) is 32.0 Å². The Bertz CT molecular complexity index is 1060. The van der Waals surface area contributed by atoms with Crippen LogP contribution in [0.5, 0.6) is 0 Å². The molecule has 0 radical (unpaired) electrons. The normalized spacial score (nSPS) is 13.9. The van der Waals surface area contributed by atoms with Gasteiger partial charge in [-0.15, -0.1) is 0 Å². The lowest BCUT2D eigenvalue weighted by molar-refractivity contribution is -0.132. The maximum atomic E-state index is 13.4. The van der Waals surface area contributed by atoms with Gasteiger partial charge in [-0.3, -0.25) is 4.79 Å². The average molecular weight is 438 g/mol. The van der Waals surface area contributed by atoms with E-state index in [9.17, 15) is 9.18 Å². The topological polar surface area (TPSA) is 58.8 Å². The number of carbonyl (C=O) groups excluding carboxylic acids is 1. The maximum absolute atomic E-state index is 13.4. The molecule has 2 heterocycles. The summed E-state index contributed by atoms with van der Waals surface area (Å²) in [5.74, 6) is 0.397. The first kappa shape index (κ1) is 22.0. The molecular weight excluding hydrogens is 409 g/mol. The second-order valence-electron chi connectivity index (χ2n) is 8.01. The van der Waals surface area contributed by atoms with Crippen LogP contribution in [0.15, 0.2) is 53.1 Å². The van der Waals surface area contributed by atoms with Gasteiger partial charge in [-0.25, -0.2) is 4.39 Å². The van der Waals surface area contributed by atoms with Gasteiger partial charge in [0, 0.05) is 31.6 Å². The molecule has 1 aromatic heterocycles. The van der Waals surface area contributed by atoms with E-state index < -0.39 is 0 Å². The number of hydrogen-bond acceptors (Lipinski definition) is 5. The Kier molecular flexibility index (Phi) is 6.85. The van der Waals surface area contributed by atoms with E-state index >= 15 is 0 Å². The molecule has 0 saturated carbocycles. The molecule has 1 aliphatic rings. The van der Waals surface area contributed by atoms with E-state index in [1.165, 1.54) is 12.1 Å². The third kappa shape index (κ3) is 4.99. The van der Waals surface area contributed by atoms with E-state index in [1.54, 1.807) is 17.0 Å². The molecule has 1 amide bonds. The lowest BCUT2D eigenvalue weighted by Crippen LogP contribution is -2.37. The molecule has 1 aliphatic heterocycles. The summed E-state index contributed by atoms with van der Waals surface area (Å²) in [5.41, 5.74) is 4.56. The molecule has 0 aliphatic carbocycles. The van der Waals surface area contributed by atoms with Crippen LogP contribution in [0.4, 0.5) is 10.3 Å². The lowest BCUT2D eigenvalue weighted by Gasteiger charge is -2.28. The first-order valence-corrected chi connectivity index (χ1v) is 11.0. The molecule has 168 valence electrons. The van der Waals surface area contributed by atoms with Gasteiger partial charge >= 0.3 is 0 Å². The SMILES string of the molecule is CCC(=O)N(Cc1ccc(F)cc1)Cc1c(-c2cccc(C)c2)noc1N1CCOCC1. The van der Waals surface area contributed by atoms with Gasteiger partial charge in [-0.05, 0) is 30.7 Å². The molecule has 3 aromatic rings. The number of carbonyl (C=O) groups is 1. The highest BCUT2D eigenvalue weighted by atomic mass is 19.1. The van der Waals surface area contributed by atoms with Crippen LogP contribution in [-0.2, 0) is 22.6 Å². The summed E-state index contributed by atoms with van der Waals surface area (Å²) in [4.78, 5) is 16.8. The van der Waals surface area contributed by atoms with Crippen LogP contribution in [0.25, 0.3) is 11.3 Å². The highest BCUT2D eigenvalue weighted by molar-refractivity contribution is 5.77. The van der Waals surface area contributed by atoms with Gasteiger partial charge in [-0.1, -0.05) is 48.0 Å². The highest BCUT2D eigenvalue weighted by Gasteiger charge is 2.27. The Morgan fingerprint density at radius 2 is 1.88 bits per heavy atom. The van der Waals surface area contributed by atoms with Crippen LogP contribution in [0.3, 0.4) is 0 Å². The molecule has 2 aromatic carbocycles. The molecule has 0 bridgehead atoms. The summed E-state index contributed by atoms with van der Waals surface area (Å²) in [7, 11) is 0. The molecule has 0 N–H and O–H groups in total. The summed E-state index contributed by atoms with van der Waals surface area (Å²) >= 11 is 0. The van der Waals surface area contributed by atoms with E-state index in [-0.39, 0.29) is 11.7 Å². The van der Waals surface area contributed by atoms with Crippen molar-refractivity contribution < 1.29 is 18.4 Å². The molecule has 32 heavy (non-hydrogen) atoms. The van der Waals surface area contributed by atoms with Crippen LogP contribution >= 0.6 is 0 Å². The number of anilines is 1. The number of rotatable bonds is 7. The van der Waals surface area contributed by atoms with Gasteiger partial charge in [-0.2, -0.15) is 0 Å². The van der Waals surface area contributed by atoms with Gasteiger partial charge < -0.3 is 19.1 Å². The Labute approximate surface area is 187 Å². The minimum atomic E-state index is -0.294. The fourth-order valence-corrected chi connectivity index (χ4v) is 3.93. The molecular formula is C25H28FN3O3. The number of halogens is 1. The molecule has 6 nitrogen and oxygen atoms in total. The second kappa shape index (κ2) is 9.96. The summed E-state index contributed by atoms with van der Waals surface area (Å²) in [6.45, 7) is 7.26. The summed E-state index contributed by atoms with van der Waals surface area (Å²) in [6, 6.07) is 14.4.